The van der Waals surface area contributed by atoms with Crippen LogP contribution in [0.3, 0.4) is 0 Å². The Morgan fingerprint density at radius 1 is 1.35 bits per heavy atom. The van der Waals surface area contributed by atoms with Gasteiger partial charge in [0.15, 0.2) is 0 Å². The summed E-state index contributed by atoms with van der Waals surface area (Å²) in [5.41, 5.74) is 1.27. The van der Waals surface area contributed by atoms with Crippen molar-refractivity contribution in [2.75, 3.05) is 13.1 Å². The van der Waals surface area contributed by atoms with Gasteiger partial charge in [-0.25, -0.2) is 0 Å². The first-order valence-electron chi connectivity index (χ1n) is 5.71. The first-order valence-corrected chi connectivity index (χ1v) is 6.50. The minimum absolute atomic E-state index is 0. The Hall–Kier alpha value is -0.160. The highest BCUT2D eigenvalue weighted by molar-refractivity contribution is 9.10. The van der Waals surface area contributed by atoms with Crippen molar-refractivity contribution in [3.63, 3.8) is 0 Å². The van der Waals surface area contributed by atoms with Crippen molar-refractivity contribution in [2.45, 2.75) is 32.5 Å². The van der Waals surface area contributed by atoms with Crippen molar-refractivity contribution in [3.05, 3.63) is 28.5 Å². The molecule has 2 unspecified atom stereocenters. The number of hydrogen-bond donors (Lipinski definition) is 1. The van der Waals surface area contributed by atoms with Crippen molar-refractivity contribution in [1.82, 2.24) is 15.2 Å². The van der Waals surface area contributed by atoms with Crippen molar-refractivity contribution >= 4 is 28.3 Å². The Balaban J connectivity index is 0.00000144. The molecule has 1 aromatic rings. The molecule has 0 aliphatic carbocycles. The second kappa shape index (κ2) is 6.69. The molecular weight excluding hydrogens is 302 g/mol. The highest BCUT2D eigenvalue weighted by atomic mass is 79.9. The summed E-state index contributed by atoms with van der Waals surface area (Å²) in [6.07, 6.45) is 3.77. The predicted octanol–water partition coefficient (Wildman–Crippen LogP) is 2.45. The van der Waals surface area contributed by atoms with Gasteiger partial charge in [-0.3, -0.25) is 9.88 Å². The molecular formula is C12H19BrClN3. The number of aromatic nitrogens is 1. The zero-order valence-corrected chi connectivity index (χ0v) is 12.6. The molecule has 2 atom stereocenters. The van der Waals surface area contributed by atoms with Crippen LogP contribution in [-0.2, 0) is 6.54 Å². The second-order valence-corrected chi connectivity index (χ2v) is 5.59. The van der Waals surface area contributed by atoms with Gasteiger partial charge in [0.2, 0.25) is 0 Å². The van der Waals surface area contributed by atoms with Gasteiger partial charge in [-0.1, -0.05) is 0 Å². The van der Waals surface area contributed by atoms with E-state index in [9.17, 15) is 0 Å². The van der Waals surface area contributed by atoms with E-state index in [0.29, 0.717) is 12.1 Å². The van der Waals surface area contributed by atoms with Crippen molar-refractivity contribution in [3.8, 4) is 0 Å². The molecule has 1 aliphatic heterocycles. The fraction of sp³-hybridized carbons (Fsp3) is 0.583. The maximum Gasteiger partial charge on any atom is 0.0410 e. The van der Waals surface area contributed by atoms with E-state index < -0.39 is 0 Å². The summed E-state index contributed by atoms with van der Waals surface area (Å²) < 4.78 is 1.06. The molecule has 0 amide bonds. The van der Waals surface area contributed by atoms with Crippen LogP contribution < -0.4 is 5.32 Å². The summed E-state index contributed by atoms with van der Waals surface area (Å²) in [6.45, 7) is 7.68. The lowest BCUT2D eigenvalue weighted by atomic mass is 10.1. The topological polar surface area (TPSA) is 28.2 Å². The van der Waals surface area contributed by atoms with Crippen LogP contribution in [0, 0.1) is 0 Å². The van der Waals surface area contributed by atoms with Gasteiger partial charge >= 0.3 is 0 Å². The van der Waals surface area contributed by atoms with Gasteiger partial charge in [-0.15, -0.1) is 12.4 Å². The molecule has 1 saturated heterocycles. The van der Waals surface area contributed by atoms with Gasteiger partial charge < -0.3 is 5.32 Å². The van der Waals surface area contributed by atoms with Gasteiger partial charge in [0.05, 0.1) is 0 Å². The van der Waals surface area contributed by atoms with Gasteiger partial charge in [-0.05, 0) is 41.4 Å². The minimum Gasteiger partial charge on any atom is -0.309 e. The average molecular weight is 321 g/mol. The van der Waals surface area contributed by atoms with E-state index in [1.54, 1.807) is 0 Å². The zero-order chi connectivity index (χ0) is 11.5. The third kappa shape index (κ3) is 4.54. The van der Waals surface area contributed by atoms with Crippen molar-refractivity contribution in [2.24, 2.45) is 0 Å². The summed E-state index contributed by atoms with van der Waals surface area (Å²) in [5, 5.41) is 3.54. The van der Waals surface area contributed by atoms with E-state index in [4.69, 9.17) is 0 Å². The van der Waals surface area contributed by atoms with Crippen LogP contribution >= 0.6 is 28.3 Å². The number of pyridine rings is 1. The van der Waals surface area contributed by atoms with E-state index in [1.807, 2.05) is 12.4 Å². The Morgan fingerprint density at radius 2 is 2.00 bits per heavy atom. The highest BCUT2D eigenvalue weighted by Crippen LogP contribution is 2.13. The molecule has 17 heavy (non-hydrogen) atoms. The van der Waals surface area contributed by atoms with E-state index in [0.717, 1.165) is 24.1 Å². The SMILES string of the molecule is CC1CN(Cc2cncc(Br)c2)CC(C)N1.Cl. The van der Waals surface area contributed by atoms with Crippen LogP contribution in [0.2, 0.25) is 0 Å². The average Bonchev–Trinajstić information content (AvgIpc) is 2.15. The first kappa shape index (κ1) is 14.9. The van der Waals surface area contributed by atoms with Gasteiger partial charge in [0.25, 0.3) is 0 Å². The molecule has 0 saturated carbocycles. The normalized spacial score (nSPS) is 25.4. The van der Waals surface area contributed by atoms with Crippen LogP contribution in [0.1, 0.15) is 19.4 Å². The summed E-state index contributed by atoms with van der Waals surface area (Å²) in [5.74, 6) is 0. The highest BCUT2D eigenvalue weighted by Gasteiger charge is 2.20. The molecule has 0 aromatic carbocycles. The van der Waals surface area contributed by atoms with E-state index in [2.05, 4.69) is 51.0 Å². The molecule has 1 fully saturated rings. The van der Waals surface area contributed by atoms with Gasteiger partial charge in [-0.2, -0.15) is 0 Å². The van der Waals surface area contributed by atoms with Crippen molar-refractivity contribution < 1.29 is 0 Å². The number of nitrogens with zero attached hydrogens (tertiary/aromatic N) is 2. The van der Waals surface area contributed by atoms with Crippen LogP contribution in [-0.4, -0.2) is 35.1 Å². The zero-order valence-electron chi connectivity index (χ0n) is 10.2. The Morgan fingerprint density at radius 3 is 2.59 bits per heavy atom. The molecule has 0 spiro atoms. The number of hydrogen-bond acceptors (Lipinski definition) is 3. The standard InChI is InChI=1S/C12H18BrN3.ClH/c1-9-6-16(7-10(2)15-9)8-11-3-12(13)5-14-4-11;/h3-5,9-10,15H,6-8H2,1-2H3;1H. The molecule has 1 aliphatic rings. The lowest BCUT2D eigenvalue weighted by Gasteiger charge is -2.36. The third-order valence-electron chi connectivity index (χ3n) is 2.80. The third-order valence-corrected chi connectivity index (χ3v) is 3.23. The Kier molecular flexibility index (Phi) is 5.86. The van der Waals surface area contributed by atoms with Crippen molar-refractivity contribution in [1.29, 1.82) is 0 Å². The summed E-state index contributed by atoms with van der Waals surface area (Å²) in [7, 11) is 0. The number of halogens is 2. The number of rotatable bonds is 2. The molecule has 96 valence electrons. The molecule has 0 radical (unpaired) electrons. The van der Waals surface area contributed by atoms with E-state index in [-0.39, 0.29) is 12.4 Å². The lowest BCUT2D eigenvalue weighted by molar-refractivity contribution is 0.166. The lowest BCUT2D eigenvalue weighted by Crippen LogP contribution is -2.53. The molecule has 5 heteroatoms. The summed E-state index contributed by atoms with van der Waals surface area (Å²) in [6, 6.07) is 3.29. The molecule has 2 heterocycles. The Bertz CT molecular complexity index is 351. The smallest absolute Gasteiger partial charge is 0.0410 e. The molecule has 2 rings (SSSR count). The maximum absolute atomic E-state index is 4.20. The minimum atomic E-state index is 0. The van der Waals surface area contributed by atoms with E-state index in [1.165, 1.54) is 5.56 Å². The van der Waals surface area contributed by atoms with Crippen LogP contribution in [0.4, 0.5) is 0 Å². The predicted molar refractivity (Wildman–Crippen MR) is 76.5 cm³/mol. The second-order valence-electron chi connectivity index (χ2n) is 4.67. The van der Waals surface area contributed by atoms with Crippen LogP contribution in [0.25, 0.3) is 0 Å². The van der Waals surface area contributed by atoms with Gasteiger partial charge in [0, 0.05) is 48.6 Å². The number of piperazine rings is 1. The summed E-state index contributed by atoms with van der Waals surface area (Å²) in [4.78, 5) is 6.68. The van der Waals surface area contributed by atoms with Gasteiger partial charge in [0.1, 0.15) is 0 Å². The molecule has 1 aromatic heterocycles. The van der Waals surface area contributed by atoms with Crippen LogP contribution in [0.5, 0.6) is 0 Å². The quantitative estimate of drug-likeness (QED) is 0.907. The molecule has 1 N–H and O–H groups in total. The monoisotopic (exact) mass is 319 g/mol. The summed E-state index contributed by atoms with van der Waals surface area (Å²) >= 11 is 3.46. The molecule has 0 bridgehead atoms. The Labute approximate surface area is 118 Å². The van der Waals surface area contributed by atoms with E-state index >= 15 is 0 Å². The molecule has 3 nitrogen and oxygen atoms in total. The number of nitrogens with one attached hydrogen (secondary N) is 1. The largest absolute Gasteiger partial charge is 0.309 e. The fourth-order valence-electron chi connectivity index (χ4n) is 2.37. The maximum atomic E-state index is 4.20. The fourth-order valence-corrected chi connectivity index (χ4v) is 2.78. The first-order chi connectivity index (χ1) is 7.63. The van der Waals surface area contributed by atoms with Crippen LogP contribution in [0.15, 0.2) is 22.9 Å².